The van der Waals surface area contributed by atoms with Crippen LogP contribution in [0.15, 0.2) is 42.7 Å². The van der Waals surface area contributed by atoms with Crippen molar-refractivity contribution in [3.8, 4) is 11.3 Å². The van der Waals surface area contributed by atoms with Crippen LogP contribution in [0.2, 0.25) is 0 Å². The van der Waals surface area contributed by atoms with Crippen molar-refractivity contribution in [2.75, 3.05) is 18.0 Å². The van der Waals surface area contributed by atoms with Gasteiger partial charge in [0.25, 0.3) is 0 Å². The number of benzene rings is 1. The van der Waals surface area contributed by atoms with Crippen LogP contribution in [0.1, 0.15) is 12.8 Å². The molecular weight excluding hydrogens is 295 g/mol. The predicted molar refractivity (Wildman–Crippen MR) is 85.8 cm³/mol. The molecule has 6 heteroatoms. The molecule has 3 heterocycles. The highest BCUT2D eigenvalue weighted by atomic mass is 19.1. The van der Waals surface area contributed by atoms with Crippen LogP contribution in [0.3, 0.4) is 0 Å². The van der Waals surface area contributed by atoms with Crippen molar-refractivity contribution in [1.82, 2.24) is 14.6 Å². The first-order valence-electron chi connectivity index (χ1n) is 7.74. The van der Waals surface area contributed by atoms with Crippen molar-refractivity contribution in [3.63, 3.8) is 0 Å². The molecule has 0 spiro atoms. The SMILES string of the molecule is OC1CCCN(c2nccn3nc(-c4cccc(F)c4)cc23)C1. The fraction of sp³-hybridized carbons (Fsp3) is 0.294. The number of hydrogen-bond acceptors (Lipinski definition) is 4. The third-order valence-electron chi connectivity index (χ3n) is 4.19. The quantitative estimate of drug-likeness (QED) is 0.790. The number of piperidine rings is 1. The highest BCUT2D eigenvalue weighted by Crippen LogP contribution is 2.27. The molecule has 1 saturated heterocycles. The summed E-state index contributed by atoms with van der Waals surface area (Å²) in [6.07, 6.45) is 4.92. The Hall–Kier alpha value is -2.47. The van der Waals surface area contributed by atoms with Gasteiger partial charge in [-0.3, -0.25) is 0 Å². The first-order valence-corrected chi connectivity index (χ1v) is 7.74. The average Bonchev–Trinajstić information content (AvgIpc) is 2.99. The summed E-state index contributed by atoms with van der Waals surface area (Å²) >= 11 is 0. The van der Waals surface area contributed by atoms with E-state index in [4.69, 9.17) is 0 Å². The summed E-state index contributed by atoms with van der Waals surface area (Å²) in [6, 6.07) is 8.32. The van der Waals surface area contributed by atoms with Crippen LogP contribution in [0, 0.1) is 5.82 Å². The van der Waals surface area contributed by atoms with Gasteiger partial charge in [-0.05, 0) is 31.0 Å². The molecular formula is C17H17FN4O. The summed E-state index contributed by atoms with van der Waals surface area (Å²) in [5.41, 5.74) is 2.30. The van der Waals surface area contributed by atoms with E-state index < -0.39 is 0 Å². The van der Waals surface area contributed by atoms with E-state index in [0.717, 1.165) is 36.3 Å². The highest BCUT2D eigenvalue weighted by Gasteiger charge is 2.21. The lowest BCUT2D eigenvalue weighted by Crippen LogP contribution is -2.38. The molecule has 1 atom stereocenters. The van der Waals surface area contributed by atoms with Gasteiger partial charge in [0.1, 0.15) is 11.3 Å². The fourth-order valence-electron chi connectivity index (χ4n) is 3.09. The van der Waals surface area contributed by atoms with Gasteiger partial charge in [0.15, 0.2) is 5.82 Å². The average molecular weight is 312 g/mol. The van der Waals surface area contributed by atoms with Crippen LogP contribution in [-0.4, -0.2) is 38.9 Å². The van der Waals surface area contributed by atoms with Gasteiger partial charge >= 0.3 is 0 Å². The Morgan fingerprint density at radius 1 is 1.26 bits per heavy atom. The Morgan fingerprint density at radius 3 is 3.00 bits per heavy atom. The minimum absolute atomic E-state index is 0.281. The van der Waals surface area contributed by atoms with Gasteiger partial charge in [-0.2, -0.15) is 5.10 Å². The van der Waals surface area contributed by atoms with E-state index in [1.807, 2.05) is 12.1 Å². The van der Waals surface area contributed by atoms with Crippen molar-refractivity contribution < 1.29 is 9.50 Å². The van der Waals surface area contributed by atoms with E-state index in [-0.39, 0.29) is 11.9 Å². The smallest absolute Gasteiger partial charge is 0.154 e. The summed E-state index contributed by atoms with van der Waals surface area (Å²) in [4.78, 5) is 6.55. The number of aromatic nitrogens is 3. The Bertz CT molecular complexity index is 847. The summed E-state index contributed by atoms with van der Waals surface area (Å²) in [5, 5.41) is 14.4. The Labute approximate surface area is 133 Å². The number of β-amino-alcohol motifs (C(OH)–C–C–N with tert-alkyl or cyclic N) is 1. The topological polar surface area (TPSA) is 53.7 Å². The number of rotatable bonds is 2. The Balaban J connectivity index is 1.78. The molecule has 0 bridgehead atoms. The Morgan fingerprint density at radius 2 is 2.17 bits per heavy atom. The van der Waals surface area contributed by atoms with Crippen LogP contribution >= 0.6 is 0 Å². The molecule has 1 aromatic carbocycles. The molecule has 5 nitrogen and oxygen atoms in total. The normalized spacial score (nSPS) is 18.5. The first kappa shape index (κ1) is 14.1. The largest absolute Gasteiger partial charge is 0.391 e. The van der Waals surface area contributed by atoms with Crippen LogP contribution in [0.25, 0.3) is 16.8 Å². The van der Waals surface area contributed by atoms with Crippen molar-refractivity contribution in [2.45, 2.75) is 18.9 Å². The first-order chi connectivity index (χ1) is 11.2. The van der Waals surface area contributed by atoms with Gasteiger partial charge < -0.3 is 10.0 Å². The molecule has 1 aliphatic heterocycles. The van der Waals surface area contributed by atoms with Crippen molar-refractivity contribution in [3.05, 3.63) is 48.5 Å². The van der Waals surface area contributed by atoms with E-state index >= 15 is 0 Å². The monoisotopic (exact) mass is 312 g/mol. The van der Waals surface area contributed by atoms with E-state index in [9.17, 15) is 9.50 Å². The standard InChI is InChI=1S/C17H17FN4O/c18-13-4-1-3-12(9-13)15-10-16-17(19-6-8-22(16)20-15)21-7-2-5-14(23)11-21/h1,3-4,6,8-10,14,23H,2,5,7,11H2. The maximum absolute atomic E-state index is 13.4. The van der Waals surface area contributed by atoms with E-state index in [0.29, 0.717) is 12.2 Å². The molecule has 118 valence electrons. The Kier molecular flexibility index (Phi) is 3.46. The van der Waals surface area contributed by atoms with Crippen molar-refractivity contribution in [2.24, 2.45) is 0 Å². The zero-order valence-corrected chi connectivity index (χ0v) is 12.6. The number of nitrogens with zero attached hydrogens (tertiary/aromatic N) is 4. The molecule has 0 amide bonds. The molecule has 1 aliphatic rings. The molecule has 4 rings (SSSR count). The third kappa shape index (κ3) is 2.66. The van der Waals surface area contributed by atoms with Crippen LogP contribution in [0.5, 0.6) is 0 Å². The lowest BCUT2D eigenvalue weighted by atomic mass is 10.1. The molecule has 1 unspecified atom stereocenters. The van der Waals surface area contributed by atoms with Crippen LogP contribution in [-0.2, 0) is 0 Å². The van der Waals surface area contributed by atoms with Gasteiger partial charge in [0.2, 0.25) is 0 Å². The van der Waals surface area contributed by atoms with Gasteiger partial charge in [0, 0.05) is 31.0 Å². The van der Waals surface area contributed by atoms with Gasteiger partial charge in [0.05, 0.1) is 11.8 Å². The number of halogens is 1. The number of hydrogen-bond donors (Lipinski definition) is 1. The van der Waals surface area contributed by atoms with E-state index in [1.54, 1.807) is 23.0 Å². The lowest BCUT2D eigenvalue weighted by molar-refractivity contribution is 0.154. The maximum Gasteiger partial charge on any atom is 0.154 e. The summed E-state index contributed by atoms with van der Waals surface area (Å²) in [7, 11) is 0. The zero-order chi connectivity index (χ0) is 15.8. The summed E-state index contributed by atoms with van der Waals surface area (Å²) in [5.74, 6) is 0.526. The summed E-state index contributed by atoms with van der Waals surface area (Å²) < 4.78 is 15.2. The van der Waals surface area contributed by atoms with Crippen LogP contribution in [0.4, 0.5) is 10.2 Å². The number of aliphatic hydroxyl groups excluding tert-OH is 1. The number of fused-ring (bicyclic) bond motifs is 1. The van der Waals surface area contributed by atoms with E-state index in [1.165, 1.54) is 12.1 Å². The number of aliphatic hydroxyl groups is 1. The second kappa shape index (κ2) is 5.62. The summed E-state index contributed by atoms with van der Waals surface area (Å²) in [6.45, 7) is 1.44. The van der Waals surface area contributed by atoms with Gasteiger partial charge in [-0.1, -0.05) is 12.1 Å². The third-order valence-corrected chi connectivity index (χ3v) is 4.19. The predicted octanol–water partition coefficient (Wildman–Crippen LogP) is 2.50. The fourth-order valence-corrected chi connectivity index (χ4v) is 3.09. The molecule has 23 heavy (non-hydrogen) atoms. The van der Waals surface area contributed by atoms with E-state index in [2.05, 4.69) is 15.0 Å². The molecule has 0 saturated carbocycles. The molecule has 3 aromatic rings. The second-order valence-corrected chi connectivity index (χ2v) is 5.86. The number of anilines is 1. The molecule has 1 fully saturated rings. The lowest BCUT2D eigenvalue weighted by Gasteiger charge is -2.31. The van der Waals surface area contributed by atoms with Gasteiger partial charge in [-0.25, -0.2) is 13.9 Å². The highest BCUT2D eigenvalue weighted by molar-refractivity contribution is 5.75. The second-order valence-electron chi connectivity index (χ2n) is 5.86. The maximum atomic E-state index is 13.4. The molecule has 2 aromatic heterocycles. The molecule has 0 radical (unpaired) electrons. The molecule has 1 N–H and O–H groups in total. The molecule has 0 aliphatic carbocycles. The zero-order valence-electron chi connectivity index (χ0n) is 12.6. The van der Waals surface area contributed by atoms with Crippen LogP contribution < -0.4 is 4.90 Å². The van der Waals surface area contributed by atoms with Crippen molar-refractivity contribution in [1.29, 1.82) is 0 Å². The van der Waals surface area contributed by atoms with Gasteiger partial charge in [-0.15, -0.1) is 0 Å². The minimum Gasteiger partial charge on any atom is -0.391 e. The van der Waals surface area contributed by atoms with Crippen molar-refractivity contribution >= 4 is 11.3 Å². The minimum atomic E-state index is -0.323.